The Bertz CT molecular complexity index is 328. The summed E-state index contributed by atoms with van der Waals surface area (Å²) in [6.07, 6.45) is 1.49. The lowest BCUT2D eigenvalue weighted by Crippen LogP contribution is -2.35. The molecule has 0 saturated carbocycles. The van der Waals surface area contributed by atoms with E-state index in [1.54, 1.807) is 6.07 Å². The molecule has 3 N–H and O–H groups in total. The molecule has 5 heteroatoms. The quantitative estimate of drug-likeness (QED) is 0.731. The number of carbonyl (C=O) groups excluding carboxylic acids is 1. The highest BCUT2D eigenvalue weighted by atomic mass is 35.5. The molecule has 1 aromatic rings. The Hall–Kier alpha value is -1.13. The summed E-state index contributed by atoms with van der Waals surface area (Å²) in [5.41, 5.74) is 5.99. The van der Waals surface area contributed by atoms with Crippen LogP contribution in [0.3, 0.4) is 0 Å². The molecular formula is C9H12ClN3O. The smallest absolute Gasteiger partial charge is 0.251 e. The highest BCUT2D eigenvalue weighted by Gasteiger charge is 2.06. The Morgan fingerprint density at radius 1 is 1.79 bits per heavy atom. The Kier molecular flexibility index (Phi) is 3.85. The Morgan fingerprint density at radius 3 is 3.07 bits per heavy atom. The van der Waals surface area contributed by atoms with E-state index in [-0.39, 0.29) is 11.9 Å². The van der Waals surface area contributed by atoms with Gasteiger partial charge in [-0.1, -0.05) is 11.6 Å². The lowest BCUT2D eigenvalue weighted by Gasteiger charge is -2.07. The van der Waals surface area contributed by atoms with Crippen molar-refractivity contribution < 1.29 is 4.79 Å². The normalized spacial score (nSPS) is 12.2. The lowest BCUT2D eigenvalue weighted by atomic mass is 10.2. The van der Waals surface area contributed by atoms with Crippen molar-refractivity contribution in [1.29, 1.82) is 0 Å². The zero-order valence-electron chi connectivity index (χ0n) is 7.83. The molecule has 0 radical (unpaired) electrons. The predicted molar refractivity (Wildman–Crippen MR) is 55.2 cm³/mol. The van der Waals surface area contributed by atoms with Gasteiger partial charge < -0.3 is 11.1 Å². The van der Waals surface area contributed by atoms with Crippen LogP contribution in [0.2, 0.25) is 5.15 Å². The van der Waals surface area contributed by atoms with E-state index in [1.165, 1.54) is 12.3 Å². The van der Waals surface area contributed by atoms with Crippen LogP contribution in [-0.4, -0.2) is 23.5 Å². The molecule has 0 aliphatic heterocycles. The molecule has 0 aromatic carbocycles. The molecule has 0 saturated heterocycles. The molecule has 1 amide bonds. The summed E-state index contributed by atoms with van der Waals surface area (Å²) in [4.78, 5) is 15.2. The van der Waals surface area contributed by atoms with E-state index in [0.717, 1.165) is 0 Å². The number of halogens is 1. The number of nitrogens with one attached hydrogen (secondary N) is 1. The SMILES string of the molecule is CC(N)CNC(=O)c1ccnc(Cl)c1. The van der Waals surface area contributed by atoms with E-state index in [2.05, 4.69) is 10.3 Å². The summed E-state index contributed by atoms with van der Waals surface area (Å²) in [5, 5.41) is 2.98. The monoisotopic (exact) mass is 213 g/mol. The third-order valence-electron chi connectivity index (χ3n) is 1.57. The van der Waals surface area contributed by atoms with E-state index in [4.69, 9.17) is 17.3 Å². The maximum atomic E-state index is 11.4. The first-order valence-electron chi connectivity index (χ1n) is 4.25. The number of aromatic nitrogens is 1. The van der Waals surface area contributed by atoms with Crippen molar-refractivity contribution in [3.8, 4) is 0 Å². The second-order valence-electron chi connectivity index (χ2n) is 3.05. The molecule has 0 spiro atoms. The first-order chi connectivity index (χ1) is 6.59. The first kappa shape index (κ1) is 10.9. The number of nitrogens with zero attached hydrogens (tertiary/aromatic N) is 1. The first-order valence-corrected chi connectivity index (χ1v) is 4.62. The molecule has 0 bridgehead atoms. The molecule has 1 heterocycles. The van der Waals surface area contributed by atoms with E-state index in [9.17, 15) is 4.79 Å². The molecule has 0 fully saturated rings. The van der Waals surface area contributed by atoms with Crippen LogP contribution in [0.15, 0.2) is 18.3 Å². The zero-order valence-corrected chi connectivity index (χ0v) is 8.58. The van der Waals surface area contributed by atoms with Gasteiger partial charge in [0.1, 0.15) is 5.15 Å². The van der Waals surface area contributed by atoms with E-state index in [1.807, 2.05) is 6.92 Å². The molecule has 4 nitrogen and oxygen atoms in total. The maximum absolute atomic E-state index is 11.4. The van der Waals surface area contributed by atoms with E-state index >= 15 is 0 Å². The van der Waals surface area contributed by atoms with Gasteiger partial charge in [0.2, 0.25) is 0 Å². The number of hydrogen-bond donors (Lipinski definition) is 2. The van der Waals surface area contributed by atoms with Gasteiger partial charge in [-0.15, -0.1) is 0 Å². The average molecular weight is 214 g/mol. The molecule has 1 rings (SSSR count). The van der Waals surface area contributed by atoms with Crippen LogP contribution in [0, 0.1) is 0 Å². The maximum Gasteiger partial charge on any atom is 0.251 e. The average Bonchev–Trinajstić information content (AvgIpc) is 2.14. The van der Waals surface area contributed by atoms with Gasteiger partial charge in [-0.2, -0.15) is 0 Å². The van der Waals surface area contributed by atoms with Crippen LogP contribution in [-0.2, 0) is 0 Å². The van der Waals surface area contributed by atoms with Crippen molar-refractivity contribution in [2.45, 2.75) is 13.0 Å². The standard InChI is InChI=1S/C9H12ClN3O/c1-6(11)5-13-9(14)7-2-3-12-8(10)4-7/h2-4,6H,5,11H2,1H3,(H,13,14). The molecule has 1 aromatic heterocycles. The summed E-state index contributed by atoms with van der Waals surface area (Å²) < 4.78 is 0. The molecule has 76 valence electrons. The van der Waals surface area contributed by atoms with Crippen molar-refractivity contribution >= 4 is 17.5 Å². The van der Waals surface area contributed by atoms with Crippen LogP contribution >= 0.6 is 11.6 Å². The second kappa shape index (κ2) is 4.93. The van der Waals surface area contributed by atoms with Crippen LogP contribution in [0.25, 0.3) is 0 Å². The minimum absolute atomic E-state index is 0.0590. The lowest BCUT2D eigenvalue weighted by molar-refractivity contribution is 0.0951. The molecule has 0 aliphatic carbocycles. The minimum atomic E-state index is -0.188. The summed E-state index contributed by atoms with van der Waals surface area (Å²) in [7, 11) is 0. The fraction of sp³-hybridized carbons (Fsp3) is 0.333. The summed E-state index contributed by atoms with van der Waals surface area (Å²) in [6.45, 7) is 2.26. The van der Waals surface area contributed by atoms with Crippen LogP contribution in [0.1, 0.15) is 17.3 Å². The topological polar surface area (TPSA) is 68.0 Å². The van der Waals surface area contributed by atoms with Crippen molar-refractivity contribution in [2.24, 2.45) is 5.73 Å². The largest absolute Gasteiger partial charge is 0.350 e. The number of carbonyl (C=O) groups is 1. The fourth-order valence-corrected chi connectivity index (χ4v) is 1.07. The highest BCUT2D eigenvalue weighted by molar-refractivity contribution is 6.29. The number of hydrogen-bond acceptors (Lipinski definition) is 3. The molecule has 1 atom stereocenters. The van der Waals surface area contributed by atoms with Gasteiger partial charge in [0.05, 0.1) is 0 Å². The van der Waals surface area contributed by atoms with Gasteiger partial charge in [-0.05, 0) is 19.1 Å². The predicted octanol–water partition coefficient (Wildman–Crippen LogP) is 0.812. The van der Waals surface area contributed by atoms with E-state index < -0.39 is 0 Å². The third kappa shape index (κ3) is 3.32. The van der Waals surface area contributed by atoms with Gasteiger partial charge >= 0.3 is 0 Å². The summed E-state index contributed by atoms with van der Waals surface area (Å²) in [6, 6.07) is 3.05. The molecule has 14 heavy (non-hydrogen) atoms. The highest BCUT2D eigenvalue weighted by Crippen LogP contribution is 2.06. The molecule has 1 unspecified atom stereocenters. The Labute approximate surface area is 87.5 Å². The van der Waals surface area contributed by atoms with Crippen LogP contribution in [0.4, 0.5) is 0 Å². The summed E-state index contributed by atoms with van der Waals surface area (Å²) in [5.74, 6) is -0.188. The number of nitrogens with two attached hydrogens (primary N) is 1. The van der Waals surface area contributed by atoms with Crippen LogP contribution in [0.5, 0.6) is 0 Å². The number of amides is 1. The fourth-order valence-electron chi connectivity index (χ4n) is 0.899. The van der Waals surface area contributed by atoms with Gasteiger partial charge in [0.25, 0.3) is 5.91 Å². The molecular weight excluding hydrogens is 202 g/mol. The van der Waals surface area contributed by atoms with Gasteiger partial charge in [-0.3, -0.25) is 4.79 Å². The van der Waals surface area contributed by atoms with Gasteiger partial charge in [-0.25, -0.2) is 4.98 Å². The Balaban J connectivity index is 2.61. The Morgan fingerprint density at radius 2 is 2.50 bits per heavy atom. The number of pyridine rings is 1. The van der Waals surface area contributed by atoms with Crippen molar-refractivity contribution in [3.05, 3.63) is 29.0 Å². The zero-order chi connectivity index (χ0) is 10.6. The van der Waals surface area contributed by atoms with E-state index in [0.29, 0.717) is 17.3 Å². The third-order valence-corrected chi connectivity index (χ3v) is 1.78. The van der Waals surface area contributed by atoms with Crippen molar-refractivity contribution in [1.82, 2.24) is 10.3 Å². The second-order valence-corrected chi connectivity index (χ2v) is 3.44. The van der Waals surface area contributed by atoms with Gasteiger partial charge in [0, 0.05) is 24.3 Å². The van der Waals surface area contributed by atoms with Crippen LogP contribution < -0.4 is 11.1 Å². The van der Waals surface area contributed by atoms with Crippen molar-refractivity contribution in [2.75, 3.05) is 6.54 Å². The minimum Gasteiger partial charge on any atom is -0.350 e. The summed E-state index contributed by atoms with van der Waals surface area (Å²) >= 11 is 5.64. The van der Waals surface area contributed by atoms with Crippen molar-refractivity contribution in [3.63, 3.8) is 0 Å². The molecule has 0 aliphatic rings. The van der Waals surface area contributed by atoms with Gasteiger partial charge in [0.15, 0.2) is 0 Å². The number of rotatable bonds is 3.